The summed E-state index contributed by atoms with van der Waals surface area (Å²) in [5.41, 5.74) is 8.19. The molecule has 2 heterocycles. The number of nitrogen functional groups attached to an aromatic ring is 1. The molecule has 0 bridgehead atoms. The fourth-order valence-corrected chi connectivity index (χ4v) is 2.76. The lowest BCUT2D eigenvalue weighted by molar-refractivity contribution is 0.121. The number of nitrogens with zero attached hydrogens (tertiary/aromatic N) is 3. The molecule has 3 rings (SSSR count). The van der Waals surface area contributed by atoms with Crippen LogP contribution in [0, 0.1) is 0 Å². The SMILES string of the molecule is Nc1cccc(CN2CCN(Cc3ccccc3)CC2)n1. The van der Waals surface area contributed by atoms with E-state index in [1.54, 1.807) is 0 Å². The van der Waals surface area contributed by atoms with Crippen LogP contribution in [0.5, 0.6) is 0 Å². The lowest BCUT2D eigenvalue weighted by Gasteiger charge is -2.34. The van der Waals surface area contributed by atoms with Gasteiger partial charge in [0.15, 0.2) is 0 Å². The molecule has 0 saturated carbocycles. The molecular formula is C17H22N4. The Morgan fingerprint density at radius 1 is 0.810 bits per heavy atom. The van der Waals surface area contributed by atoms with Gasteiger partial charge in [0.2, 0.25) is 0 Å². The summed E-state index contributed by atoms with van der Waals surface area (Å²) in [4.78, 5) is 9.34. The topological polar surface area (TPSA) is 45.4 Å². The zero-order valence-electron chi connectivity index (χ0n) is 12.3. The van der Waals surface area contributed by atoms with Crippen molar-refractivity contribution in [2.24, 2.45) is 0 Å². The van der Waals surface area contributed by atoms with Gasteiger partial charge in [-0.05, 0) is 17.7 Å². The fourth-order valence-electron chi connectivity index (χ4n) is 2.76. The zero-order valence-corrected chi connectivity index (χ0v) is 12.3. The van der Waals surface area contributed by atoms with Crippen molar-refractivity contribution in [3.05, 3.63) is 59.8 Å². The molecule has 0 amide bonds. The second-order valence-corrected chi connectivity index (χ2v) is 5.59. The number of hydrogen-bond acceptors (Lipinski definition) is 4. The first-order valence-corrected chi connectivity index (χ1v) is 7.50. The summed E-state index contributed by atoms with van der Waals surface area (Å²) in [7, 11) is 0. The molecule has 110 valence electrons. The molecule has 0 atom stereocenters. The molecule has 1 aliphatic rings. The van der Waals surface area contributed by atoms with Gasteiger partial charge in [0.25, 0.3) is 0 Å². The maximum absolute atomic E-state index is 5.73. The molecule has 1 saturated heterocycles. The van der Waals surface area contributed by atoms with Gasteiger partial charge in [-0.15, -0.1) is 0 Å². The lowest BCUT2D eigenvalue weighted by atomic mass is 10.2. The van der Waals surface area contributed by atoms with E-state index in [4.69, 9.17) is 5.73 Å². The van der Waals surface area contributed by atoms with E-state index in [1.165, 1.54) is 5.56 Å². The van der Waals surface area contributed by atoms with Crippen molar-refractivity contribution in [3.63, 3.8) is 0 Å². The van der Waals surface area contributed by atoms with Crippen molar-refractivity contribution in [2.45, 2.75) is 13.1 Å². The highest BCUT2D eigenvalue weighted by molar-refractivity contribution is 5.28. The Kier molecular flexibility index (Phi) is 4.48. The molecule has 0 radical (unpaired) electrons. The van der Waals surface area contributed by atoms with Crippen LogP contribution in [0.25, 0.3) is 0 Å². The van der Waals surface area contributed by atoms with Crippen LogP contribution in [0.4, 0.5) is 5.82 Å². The maximum Gasteiger partial charge on any atom is 0.123 e. The standard InChI is InChI=1S/C17H22N4/c18-17-8-4-7-16(19-17)14-21-11-9-20(10-12-21)13-15-5-2-1-3-6-15/h1-8H,9-14H2,(H2,18,19). The minimum Gasteiger partial charge on any atom is -0.384 e. The number of piperazine rings is 1. The zero-order chi connectivity index (χ0) is 14.5. The van der Waals surface area contributed by atoms with Crippen LogP contribution in [-0.2, 0) is 13.1 Å². The van der Waals surface area contributed by atoms with Gasteiger partial charge in [0.1, 0.15) is 5.82 Å². The van der Waals surface area contributed by atoms with Crippen molar-refractivity contribution in [1.82, 2.24) is 14.8 Å². The maximum atomic E-state index is 5.73. The number of hydrogen-bond donors (Lipinski definition) is 1. The summed E-state index contributed by atoms with van der Waals surface area (Å²) < 4.78 is 0. The Hall–Kier alpha value is -1.91. The fraction of sp³-hybridized carbons (Fsp3) is 0.353. The highest BCUT2D eigenvalue weighted by atomic mass is 15.3. The third-order valence-corrected chi connectivity index (χ3v) is 3.93. The third kappa shape index (κ3) is 4.03. The predicted octanol–water partition coefficient (Wildman–Crippen LogP) is 1.98. The quantitative estimate of drug-likeness (QED) is 0.931. The molecule has 1 fully saturated rings. The van der Waals surface area contributed by atoms with Crippen molar-refractivity contribution in [1.29, 1.82) is 0 Å². The van der Waals surface area contributed by atoms with Crippen LogP contribution in [0.15, 0.2) is 48.5 Å². The minimum absolute atomic E-state index is 0.607. The van der Waals surface area contributed by atoms with E-state index in [1.807, 2.05) is 18.2 Å². The highest BCUT2D eigenvalue weighted by Gasteiger charge is 2.17. The Morgan fingerprint density at radius 2 is 1.48 bits per heavy atom. The van der Waals surface area contributed by atoms with E-state index in [-0.39, 0.29) is 0 Å². The van der Waals surface area contributed by atoms with Gasteiger partial charge in [-0.3, -0.25) is 9.80 Å². The lowest BCUT2D eigenvalue weighted by Crippen LogP contribution is -2.45. The first-order valence-electron chi connectivity index (χ1n) is 7.50. The largest absolute Gasteiger partial charge is 0.384 e. The van der Waals surface area contributed by atoms with E-state index in [2.05, 4.69) is 45.1 Å². The third-order valence-electron chi connectivity index (χ3n) is 3.93. The van der Waals surface area contributed by atoms with Gasteiger partial charge in [0, 0.05) is 39.3 Å². The summed E-state index contributed by atoms with van der Waals surface area (Å²) in [5.74, 6) is 0.607. The van der Waals surface area contributed by atoms with Gasteiger partial charge in [-0.1, -0.05) is 36.4 Å². The second-order valence-electron chi connectivity index (χ2n) is 5.59. The summed E-state index contributed by atoms with van der Waals surface area (Å²) in [6.45, 7) is 6.33. The molecular weight excluding hydrogens is 260 g/mol. The summed E-state index contributed by atoms with van der Waals surface area (Å²) >= 11 is 0. The van der Waals surface area contributed by atoms with Crippen LogP contribution in [0.3, 0.4) is 0 Å². The molecule has 0 aliphatic carbocycles. The van der Waals surface area contributed by atoms with E-state index in [0.717, 1.165) is 45.0 Å². The molecule has 2 N–H and O–H groups in total. The van der Waals surface area contributed by atoms with Gasteiger partial charge in [-0.25, -0.2) is 4.98 Å². The van der Waals surface area contributed by atoms with E-state index < -0.39 is 0 Å². The highest BCUT2D eigenvalue weighted by Crippen LogP contribution is 2.11. The van der Waals surface area contributed by atoms with E-state index >= 15 is 0 Å². The number of benzene rings is 1. The first kappa shape index (κ1) is 14.0. The van der Waals surface area contributed by atoms with Crippen LogP contribution in [-0.4, -0.2) is 41.0 Å². The molecule has 1 aromatic carbocycles. The number of nitrogens with two attached hydrogens (primary N) is 1. The Labute approximate surface area is 126 Å². The summed E-state index contributed by atoms with van der Waals surface area (Å²) in [6, 6.07) is 16.5. The average molecular weight is 282 g/mol. The van der Waals surface area contributed by atoms with Crippen LogP contribution in [0.2, 0.25) is 0 Å². The molecule has 1 aromatic heterocycles. The van der Waals surface area contributed by atoms with Gasteiger partial charge in [0.05, 0.1) is 5.69 Å². The monoisotopic (exact) mass is 282 g/mol. The van der Waals surface area contributed by atoms with E-state index in [0.29, 0.717) is 5.82 Å². The Bertz CT molecular complexity index is 562. The molecule has 2 aromatic rings. The summed E-state index contributed by atoms with van der Waals surface area (Å²) in [6.07, 6.45) is 0. The number of pyridine rings is 1. The molecule has 1 aliphatic heterocycles. The van der Waals surface area contributed by atoms with Crippen LogP contribution >= 0.6 is 0 Å². The Morgan fingerprint density at radius 3 is 2.14 bits per heavy atom. The molecule has 0 spiro atoms. The van der Waals surface area contributed by atoms with Crippen molar-refractivity contribution in [3.8, 4) is 0 Å². The molecule has 0 unspecified atom stereocenters. The number of aromatic nitrogens is 1. The molecule has 21 heavy (non-hydrogen) atoms. The van der Waals surface area contributed by atoms with Crippen LogP contribution < -0.4 is 5.73 Å². The van der Waals surface area contributed by atoms with Gasteiger partial charge < -0.3 is 5.73 Å². The van der Waals surface area contributed by atoms with Crippen LogP contribution in [0.1, 0.15) is 11.3 Å². The first-order chi connectivity index (χ1) is 10.3. The van der Waals surface area contributed by atoms with Crippen molar-refractivity contribution in [2.75, 3.05) is 31.9 Å². The normalized spacial score (nSPS) is 17.0. The smallest absolute Gasteiger partial charge is 0.123 e. The Balaban J connectivity index is 1.49. The number of anilines is 1. The van der Waals surface area contributed by atoms with Crippen molar-refractivity contribution >= 4 is 5.82 Å². The summed E-state index contributed by atoms with van der Waals surface area (Å²) in [5, 5.41) is 0. The number of rotatable bonds is 4. The van der Waals surface area contributed by atoms with Gasteiger partial charge in [-0.2, -0.15) is 0 Å². The van der Waals surface area contributed by atoms with Gasteiger partial charge >= 0.3 is 0 Å². The predicted molar refractivity (Wildman–Crippen MR) is 85.6 cm³/mol. The van der Waals surface area contributed by atoms with E-state index in [9.17, 15) is 0 Å². The average Bonchev–Trinajstić information content (AvgIpc) is 2.50. The molecule has 4 nitrogen and oxygen atoms in total. The molecule has 4 heteroatoms. The second kappa shape index (κ2) is 6.70. The minimum atomic E-state index is 0.607. The van der Waals surface area contributed by atoms with Crippen molar-refractivity contribution < 1.29 is 0 Å².